The summed E-state index contributed by atoms with van der Waals surface area (Å²) in [5.41, 5.74) is 3.05. The van der Waals surface area contributed by atoms with Crippen molar-refractivity contribution in [2.24, 2.45) is 5.92 Å². The summed E-state index contributed by atoms with van der Waals surface area (Å²) >= 11 is 0. The molecular formula is C24H19FN2O3. The number of benzene rings is 3. The van der Waals surface area contributed by atoms with Crippen molar-refractivity contribution in [1.29, 1.82) is 0 Å². The van der Waals surface area contributed by atoms with Crippen LogP contribution in [0.4, 0.5) is 15.8 Å². The normalized spacial score (nSPS) is 23.2. The number of amides is 2. The van der Waals surface area contributed by atoms with Gasteiger partial charge >= 0.3 is 0 Å². The first-order valence-corrected chi connectivity index (χ1v) is 9.76. The van der Waals surface area contributed by atoms with Crippen LogP contribution in [0.5, 0.6) is 0 Å². The monoisotopic (exact) mass is 402 g/mol. The summed E-state index contributed by atoms with van der Waals surface area (Å²) in [6.07, 6.45) is -0.938. The fourth-order valence-electron chi connectivity index (χ4n) is 4.29. The van der Waals surface area contributed by atoms with Gasteiger partial charge < -0.3 is 0 Å². The maximum Gasteiger partial charge on any atom is 0.266 e. The van der Waals surface area contributed by atoms with Gasteiger partial charge in [0, 0.05) is 0 Å². The third-order valence-electron chi connectivity index (χ3n) is 5.72. The number of hydroxylamine groups is 1. The molecule has 2 saturated heterocycles. The number of anilines is 2. The number of carbonyl (C=O) groups is 2. The van der Waals surface area contributed by atoms with Gasteiger partial charge in [0.15, 0.2) is 6.10 Å². The SMILES string of the molecule is Cc1ccccc1[C@@H]1[C@@H]2C(=O)N(c3ccc(F)cc3)C(=O)[C@H]2ON1c1ccccc1. The highest BCUT2D eigenvalue weighted by Gasteiger charge is 2.60. The Kier molecular flexibility index (Phi) is 4.37. The lowest BCUT2D eigenvalue weighted by Crippen LogP contribution is -2.37. The van der Waals surface area contributed by atoms with E-state index >= 15 is 0 Å². The zero-order valence-electron chi connectivity index (χ0n) is 16.2. The lowest BCUT2D eigenvalue weighted by molar-refractivity contribution is -0.126. The predicted octanol–water partition coefficient (Wildman–Crippen LogP) is 4.19. The number of fused-ring (bicyclic) bond motifs is 1. The van der Waals surface area contributed by atoms with Crippen LogP contribution in [-0.2, 0) is 14.4 Å². The zero-order chi connectivity index (χ0) is 20.8. The first-order valence-electron chi connectivity index (χ1n) is 9.76. The van der Waals surface area contributed by atoms with Gasteiger partial charge in [-0.15, -0.1) is 0 Å². The molecule has 0 N–H and O–H groups in total. The van der Waals surface area contributed by atoms with Crippen LogP contribution in [0, 0.1) is 18.7 Å². The Morgan fingerprint density at radius 3 is 2.17 bits per heavy atom. The minimum Gasteiger partial charge on any atom is -0.273 e. The van der Waals surface area contributed by atoms with Crippen LogP contribution in [0.3, 0.4) is 0 Å². The standard InChI is InChI=1S/C24H19FN2O3/c1-15-7-5-6-10-19(15)21-20-22(30-27(21)18-8-3-2-4-9-18)24(29)26(23(20)28)17-13-11-16(25)12-14-17/h2-14,20-22H,1H3/t20-,21+,22-/m0/s1. The van der Waals surface area contributed by atoms with Gasteiger partial charge in [0.2, 0.25) is 5.91 Å². The Morgan fingerprint density at radius 2 is 1.47 bits per heavy atom. The number of hydrogen-bond acceptors (Lipinski definition) is 4. The number of para-hydroxylation sites is 1. The van der Waals surface area contributed by atoms with Gasteiger partial charge in [-0.3, -0.25) is 14.4 Å². The number of rotatable bonds is 3. The highest BCUT2D eigenvalue weighted by Crippen LogP contribution is 2.48. The van der Waals surface area contributed by atoms with Crippen molar-refractivity contribution in [2.75, 3.05) is 9.96 Å². The lowest BCUT2D eigenvalue weighted by Gasteiger charge is -2.29. The van der Waals surface area contributed by atoms with Gasteiger partial charge in [-0.2, -0.15) is 0 Å². The third-order valence-corrected chi connectivity index (χ3v) is 5.72. The van der Waals surface area contributed by atoms with Gasteiger partial charge in [-0.25, -0.2) is 14.4 Å². The molecule has 5 nitrogen and oxygen atoms in total. The highest BCUT2D eigenvalue weighted by molar-refractivity contribution is 6.23. The summed E-state index contributed by atoms with van der Waals surface area (Å²) < 4.78 is 13.3. The zero-order valence-corrected chi connectivity index (χ0v) is 16.2. The summed E-state index contributed by atoms with van der Waals surface area (Å²) in [5.74, 6) is -1.91. The minimum absolute atomic E-state index is 0.344. The predicted molar refractivity (Wildman–Crippen MR) is 110 cm³/mol. The molecule has 2 aliphatic heterocycles. The van der Waals surface area contributed by atoms with Gasteiger partial charge in [0.1, 0.15) is 11.7 Å². The van der Waals surface area contributed by atoms with Crippen molar-refractivity contribution in [3.63, 3.8) is 0 Å². The van der Waals surface area contributed by atoms with Gasteiger partial charge in [-0.1, -0.05) is 42.5 Å². The second kappa shape index (κ2) is 7.07. The number of hydrogen-bond donors (Lipinski definition) is 0. The Balaban J connectivity index is 1.60. The molecule has 6 heteroatoms. The Hall–Kier alpha value is -3.51. The van der Waals surface area contributed by atoms with Crippen LogP contribution in [-0.4, -0.2) is 17.9 Å². The fraction of sp³-hybridized carbons (Fsp3) is 0.167. The maximum atomic E-state index is 13.5. The smallest absolute Gasteiger partial charge is 0.266 e. The molecule has 0 aromatic heterocycles. The Bertz CT molecular complexity index is 1120. The number of aryl methyl sites for hydroxylation is 1. The summed E-state index contributed by atoms with van der Waals surface area (Å²) in [6, 6.07) is 22.1. The molecule has 0 aliphatic carbocycles. The average molecular weight is 402 g/mol. The van der Waals surface area contributed by atoms with E-state index in [-0.39, 0.29) is 5.91 Å². The van der Waals surface area contributed by atoms with E-state index in [2.05, 4.69) is 0 Å². The molecule has 0 bridgehead atoms. The van der Waals surface area contributed by atoms with Gasteiger partial charge in [0.05, 0.1) is 17.4 Å². The second-order valence-electron chi connectivity index (χ2n) is 7.50. The lowest BCUT2D eigenvalue weighted by atomic mass is 9.88. The summed E-state index contributed by atoms with van der Waals surface area (Å²) in [5, 5.41) is 1.68. The van der Waals surface area contributed by atoms with E-state index in [0.717, 1.165) is 21.7 Å². The molecule has 2 heterocycles. The van der Waals surface area contributed by atoms with Crippen LogP contribution in [0.15, 0.2) is 78.9 Å². The molecular weight excluding hydrogens is 383 g/mol. The molecule has 3 aromatic rings. The van der Waals surface area contributed by atoms with Crippen LogP contribution < -0.4 is 9.96 Å². The number of halogens is 1. The van der Waals surface area contributed by atoms with Gasteiger partial charge in [-0.05, 0) is 54.4 Å². The van der Waals surface area contributed by atoms with Crippen molar-refractivity contribution in [3.05, 3.63) is 95.8 Å². The van der Waals surface area contributed by atoms with E-state index < -0.39 is 29.8 Å². The third kappa shape index (κ3) is 2.80. The maximum absolute atomic E-state index is 13.5. The van der Waals surface area contributed by atoms with E-state index in [1.54, 1.807) is 5.06 Å². The average Bonchev–Trinajstić information content (AvgIpc) is 3.26. The van der Waals surface area contributed by atoms with Crippen molar-refractivity contribution < 1.29 is 18.8 Å². The summed E-state index contributed by atoms with van der Waals surface area (Å²) in [6.45, 7) is 1.98. The van der Waals surface area contributed by atoms with E-state index in [1.165, 1.54) is 24.3 Å². The molecule has 5 rings (SSSR count). The van der Waals surface area contributed by atoms with Crippen molar-refractivity contribution in [2.45, 2.75) is 19.1 Å². The summed E-state index contributed by atoms with van der Waals surface area (Å²) in [7, 11) is 0. The quantitative estimate of drug-likeness (QED) is 0.617. The van der Waals surface area contributed by atoms with Crippen molar-refractivity contribution in [3.8, 4) is 0 Å². The van der Waals surface area contributed by atoms with Crippen LogP contribution >= 0.6 is 0 Å². The molecule has 0 radical (unpaired) electrons. The summed E-state index contributed by atoms with van der Waals surface area (Å²) in [4.78, 5) is 33.9. The van der Waals surface area contributed by atoms with E-state index in [9.17, 15) is 14.0 Å². The molecule has 2 amide bonds. The van der Waals surface area contributed by atoms with E-state index in [4.69, 9.17) is 4.84 Å². The second-order valence-corrected chi connectivity index (χ2v) is 7.50. The molecule has 2 fully saturated rings. The van der Waals surface area contributed by atoms with Crippen LogP contribution in [0.2, 0.25) is 0 Å². The van der Waals surface area contributed by atoms with Crippen molar-refractivity contribution >= 4 is 23.2 Å². The van der Waals surface area contributed by atoms with E-state index in [0.29, 0.717) is 5.69 Å². The number of imide groups is 1. The first-order chi connectivity index (χ1) is 14.6. The van der Waals surface area contributed by atoms with Crippen LogP contribution in [0.25, 0.3) is 0 Å². The molecule has 0 spiro atoms. The Morgan fingerprint density at radius 1 is 0.800 bits per heavy atom. The molecule has 3 atom stereocenters. The molecule has 0 unspecified atom stereocenters. The molecule has 30 heavy (non-hydrogen) atoms. The largest absolute Gasteiger partial charge is 0.273 e. The molecule has 0 saturated carbocycles. The molecule has 150 valence electrons. The number of carbonyl (C=O) groups excluding carboxylic acids is 2. The topological polar surface area (TPSA) is 49.9 Å². The minimum atomic E-state index is -0.938. The van der Waals surface area contributed by atoms with Crippen molar-refractivity contribution in [1.82, 2.24) is 0 Å². The fourth-order valence-corrected chi connectivity index (χ4v) is 4.29. The Labute approximate surface area is 173 Å². The first kappa shape index (κ1) is 18.5. The van der Waals surface area contributed by atoms with Crippen LogP contribution in [0.1, 0.15) is 17.2 Å². The highest BCUT2D eigenvalue weighted by atomic mass is 19.1. The molecule has 3 aromatic carbocycles. The number of nitrogens with zero attached hydrogens (tertiary/aromatic N) is 2. The van der Waals surface area contributed by atoms with Gasteiger partial charge in [0.25, 0.3) is 5.91 Å². The van der Waals surface area contributed by atoms with E-state index in [1.807, 2.05) is 61.5 Å². The molecule has 2 aliphatic rings.